The van der Waals surface area contributed by atoms with Crippen LogP contribution in [0.3, 0.4) is 0 Å². The van der Waals surface area contributed by atoms with Gasteiger partial charge in [-0.3, -0.25) is 4.79 Å². The molecule has 4 heteroatoms. The van der Waals surface area contributed by atoms with Crippen LogP contribution in [0.1, 0.15) is 30.4 Å². The van der Waals surface area contributed by atoms with Crippen molar-refractivity contribution in [2.45, 2.75) is 32.6 Å². The fourth-order valence-corrected chi connectivity index (χ4v) is 3.96. The number of amides is 1. The highest BCUT2D eigenvalue weighted by atomic mass is 16.5. The number of aryl methyl sites for hydroxylation is 1. The van der Waals surface area contributed by atoms with E-state index in [1.54, 1.807) is 7.11 Å². The quantitative estimate of drug-likeness (QED) is 0.927. The summed E-state index contributed by atoms with van der Waals surface area (Å²) in [7, 11) is 1.68. The van der Waals surface area contributed by atoms with Crippen molar-refractivity contribution in [2.75, 3.05) is 33.3 Å². The Morgan fingerprint density at radius 2 is 2.04 bits per heavy atom. The monoisotopic (exact) mass is 316 g/mol. The molecular formula is C19H28N2O2. The van der Waals surface area contributed by atoms with Gasteiger partial charge in [0.15, 0.2) is 0 Å². The number of benzene rings is 1. The van der Waals surface area contributed by atoms with Gasteiger partial charge < -0.3 is 15.0 Å². The maximum Gasteiger partial charge on any atom is 0.226 e. The van der Waals surface area contributed by atoms with Gasteiger partial charge in [-0.1, -0.05) is 12.1 Å². The molecule has 4 nitrogen and oxygen atoms in total. The van der Waals surface area contributed by atoms with Crippen LogP contribution in [-0.4, -0.2) is 44.1 Å². The van der Waals surface area contributed by atoms with Gasteiger partial charge in [0.2, 0.25) is 5.91 Å². The Kier molecular flexibility index (Phi) is 5.21. The molecule has 2 aliphatic rings. The summed E-state index contributed by atoms with van der Waals surface area (Å²) in [6.45, 7) is 6.19. The van der Waals surface area contributed by atoms with Gasteiger partial charge in [-0.2, -0.15) is 0 Å². The molecule has 2 fully saturated rings. The molecule has 126 valence electrons. The zero-order chi connectivity index (χ0) is 16.2. The first-order valence-corrected chi connectivity index (χ1v) is 8.79. The second kappa shape index (κ2) is 7.35. The van der Waals surface area contributed by atoms with Crippen molar-refractivity contribution in [1.82, 2.24) is 10.2 Å². The molecule has 1 amide bonds. The highest BCUT2D eigenvalue weighted by Crippen LogP contribution is 2.29. The zero-order valence-electron chi connectivity index (χ0n) is 14.3. The Hall–Kier alpha value is -1.55. The van der Waals surface area contributed by atoms with Crippen LogP contribution in [-0.2, 0) is 11.2 Å². The molecule has 0 bridgehead atoms. The first-order valence-electron chi connectivity index (χ1n) is 8.79. The second-order valence-corrected chi connectivity index (χ2v) is 6.95. The van der Waals surface area contributed by atoms with Crippen LogP contribution in [0.15, 0.2) is 18.2 Å². The van der Waals surface area contributed by atoms with Crippen molar-refractivity contribution in [1.29, 1.82) is 0 Å². The van der Waals surface area contributed by atoms with Crippen LogP contribution >= 0.6 is 0 Å². The van der Waals surface area contributed by atoms with Crippen molar-refractivity contribution in [2.24, 2.45) is 11.8 Å². The molecule has 0 aliphatic carbocycles. The minimum absolute atomic E-state index is 0.249. The summed E-state index contributed by atoms with van der Waals surface area (Å²) in [6.07, 6.45) is 4.11. The topological polar surface area (TPSA) is 41.6 Å². The number of hydrogen-bond donors (Lipinski definition) is 1. The maximum atomic E-state index is 12.6. The third-order valence-electron chi connectivity index (χ3n) is 5.49. The first kappa shape index (κ1) is 16.3. The molecular weight excluding hydrogens is 288 g/mol. The third kappa shape index (κ3) is 3.86. The highest BCUT2D eigenvalue weighted by molar-refractivity contribution is 5.79. The first-order chi connectivity index (χ1) is 11.2. The Bertz CT molecular complexity index is 544. The lowest BCUT2D eigenvalue weighted by Gasteiger charge is -2.34. The minimum atomic E-state index is 0.249. The Labute approximate surface area is 139 Å². The van der Waals surface area contributed by atoms with Crippen LogP contribution in [0.5, 0.6) is 5.75 Å². The van der Waals surface area contributed by atoms with Crippen molar-refractivity contribution in [3.63, 3.8) is 0 Å². The number of carbonyl (C=O) groups excluding carboxylic acids is 1. The average molecular weight is 316 g/mol. The molecule has 2 aliphatic heterocycles. The number of methoxy groups -OCH3 is 1. The summed E-state index contributed by atoms with van der Waals surface area (Å²) in [4.78, 5) is 14.6. The fraction of sp³-hybridized carbons (Fsp3) is 0.632. The Morgan fingerprint density at radius 3 is 2.70 bits per heavy atom. The van der Waals surface area contributed by atoms with Gasteiger partial charge in [0, 0.05) is 13.1 Å². The van der Waals surface area contributed by atoms with Crippen LogP contribution in [0.4, 0.5) is 0 Å². The largest absolute Gasteiger partial charge is 0.496 e. The van der Waals surface area contributed by atoms with E-state index in [0.717, 1.165) is 54.6 Å². The molecule has 2 saturated heterocycles. The van der Waals surface area contributed by atoms with Crippen molar-refractivity contribution in [3.05, 3.63) is 29.3 Å². The van der Waals surface area contributed by atoms with E-state index in [4.69, 9.17) is 4.74 Å². The molecule has 0 spiro atoms. The van der Waals surface area contributed by atoms with Crippen LogP contribution in [0.2, 0.25) is 0 Å². The number of nitrogens with zero attached hydrogens (tertiary/aromatic N) is 1. The molecule has 1 unspecified atom stereocenters. The standard InChI is InChI=1S/C19H28N2O2/c1-14-3-4-15(11-18(14)23-2)12-19(22)21-9-6-16(7-10-21)17-5-8-20-13-17/h3-4,11,16-17,20H,5-10,12-13H2,1-2H3. The second-order valence-electron chi connectivity index (χ2n) is 6.95. The molecule has 1 N–H and O–H groups in total. The van der Waals surface area contributed by atoms with E-state index in [-0.39, 0.29) is 5.91 Å². The molecule has 1 atom stereocenters. The average Bonchev–Trinajstić information content (AvgIpc) is 3.11. The van der Waals surface area contributed by atoms with E-state index in [1.807, 2.05) is 30.0 Å². The summed E-state index contributed by atoms with van der Waals surface area (Å²) in [6, 6.07) is 6.05. The van der Waals surface area contributed by atoms with Crippen LogP contribution < -0.4 is 10.1 Å². The molecule has 0 aromatic heterocycles. The number of rotatable bonds is 4. The van der Waals surface area contributed by atoms with E-state index < -0.39 is 0 Å². The molecule has 23 heavy (non-hydrogen) atoms. The van der Waals surface area contributed by atoms with Crippen molar-refractivity contribution < 1.29 is 9.53 Å². The number of likely N-dealkylation sites (tertiary alicyclic amines) is 1. The predicted molar refractivity (Wildman–Crippen MR) is 91.7 cm³/mol. The summed E-state index contributed by atoms with van der Waals surface area (Å²) in [5.74, 6) is 2.74. The maximum absolute atomic E-state index is 12.6. The van der Waals surface area contributed by atoms with E-state index in [9.17, 15) is 4.79 Å². The van der Waals surface area contributed by atoms with E-state index >= 15 is 0 Å². The summed E-state index contributed by atoms with van der Waals surface area (Å²) in [5.41, 5.74) is 2.15. The summed E-state index contributed by atoms with van der Waals surface area (Å²) < 4.78 is 5.35. The number of hydrogen-bond acceptors (Lipinski definition) is 3. The zero-order valence-corrected chi connectivity index (χ0v) is 14.3. The lowest BCUT2D eigenvalue weighted by molar-refractivity contribution is -0.132. The number of carbonyl (C=O) groups is 1. The SMILES string of the molecule is COc1cc(CC(=O)N2CCC(C3CCNC3)CC2)ccc1C. The van der Waals surface area contributed by atoms with Gasteiger partial charge in [-0.05, 0) is 68.3 Å². The van der Waals surface area contributed by atoms with E-state index in [1.165, 1.54) is 19.5 Å². The number of piperidine rings is 1. The van der Waals surface area contributed by atoms with Crippen molar-refractivity contribution >= 4 is 5.91 Å². The van der Waals surface area contributed by atoms with Crippen LogP contribution in [0.25, 0.3) is 0 Å². The fourth-order valence-electron chi connectivity index (χ4n) is 3.96. The lowest BCUT2D eigenvalue weighted by atomic mass is 9.83. The van der Waals surface area contributed by atoms with E-state index in [0.29, 0.717) is 6.42 Å². The van der Waals surface area contributed by atoms with Crippen molar-refractivity contribution in [3.8, 4) is 5.75 Å². The molecule has 1 aromatic carbocycles. The third-order valence-corrected chi connectivity index (χ3v) is 5.49. The Morgan fingerprint density at radius 1 is 1.26 bits per heavy atom. The van der Waals surface area contributed by atoms with Crippen LogP contribution in [0, 0.1) is 18.8 Å². The van der Waals surface area contributed by atoms with Gasteiger partial charge in [-0.15, -0.1) is 0 Å². The summed E-state index contributed by atoms with van der Waals surface area (Å²) >= 11 is 0. The van der Waals surface area contributed by atoms with E-state index in [2.05, 4.69) is 5.32 Å². The highest BCUT2D eigenvalue weighted by Gasteiger charge is 2.29. The molecule has 0 saturated carbocycles. The van der Waals surface area contributed by atoms with Gasteiger partial charge >= 0.3 is 0 Å². The molecule has 1 aromatic rings. The normalized spacial score (nSPS) is 22.3. The molecule has 3 rings (SSSR count). The molecule has 0 radical (unpaired) electrons. The van der Waals surface area contributed by atoms with Gasteiger partial charge in [0.1, 0.15) is 5.75 Å². The van der Waals surface area contributed by atoms with Gasteiger partial charge in [0.05, 0.1) is 13.5 Å². The lowest BCUT2D eigenvalue weighted by Crippen LogP contribution is -2.41. The Balaban J connectivity index is 1.53. The minimum Gasteiger partial charge on any atom is -0.496 e. The number of ether oxygens (including phenoxy) is 1. The van der Waals surface area contributed by atoms with Gasteiger partial charge in [0.25, 0.3) is 0 Å². The smallest absolute Gasteiger partial charge is 0.226 e. The predicted octanol–water partition coefficient (Wildman–Crippen LogP) is 2.39. The number of nitrogens with one attached hydrogen (secondary N) is 1. The molecule has 2 heterocycles. The van der Waals surface area contributed by atoms with Gasteiger partial charge in [-0.25, -0.2) is 0 Å². The summed E-state index contributed by atoms with van der Waals surface area (Å²) in [5, 5.41) is 3.46.